The van der Waals surface area contributed by atoms with Gasteiger partial charge in [-0.25, -0.2) is 30.7 Å². The Hall–Kier alpha value is -2.59. The van der Waals surface area contributed by atoms with Crippen LogP contribution in [0, 0.1) is 11.6 Å². The Kier molecular flexibility index (Phi) is 5.59. The van der Waals surface area contributed by atoms with Crippen LogP contribution in [0.5, 0.6) is 5.75 Å². The van der Waals surface area contributed by atoms with Gasteiger partial charge >= 0.3 is 0 Å². The Balaban J connectivity index is 2.25. The van der Waals surface area contributed by atoms with Crippen molar-refractivity contribution < 1.29 is 30.7 Å². The average Bonchev–Trinajstić information content (AvgIpc) is 3.07. The topological polar surface area (TPSA) is 61.2 Å². The summed E-state index contributed by atoms with van der Waals surface area (Å²) in [7, 11) is -2.64. The molecule has 5 nitrogen and oxygen atoms in total. The molecule has 0 radical (unpaired) electrons. The third-order valence-corrected chi connectivity index (χ3v) is 5.44. The molecule has 11 heteroatoms. The monoisotopic (exact) mass is 448 g/mol. The summed E-state index contributed by atoms with van der Waals surface area (Å²) in [5.41, 5.74) is -1.15. The highest BCUT2D eigenvalue weighted by molar-refractivity contribution is 7.90. The molecule has 3 aromatic rings. The van der Waals surface area contributed by atoms with E-state index in [0.717, 1.165) is 17.0 Å². The van der Waals surface area contributed by atoms with E-state index in [4.69, 9.17) is 16.3 Å². The van der Waals surface area contributed by atoms with Crippen LogP contribution in [-0.2, 0) is 9.84 Å². The van der Waals surface area contributed by atoms with Crippen LogP contribution in [0.15, 0.2) is 41.3 Å². The first-order chi connectivity index (χ1) is 13.5. The lowest BCUT2D eigenvalue weighted by atomic mass is 10.1. The molecule has 0 saturated heterocycles. The fourth-order valence-corrected chi connectivity index (χ4v) is 3.67. The second kappa shape index (κ2) is 7.68. The van der Waals surface area contributed by atoms with Gasteiger partial charge in [-0.05, 0) is 36.4 Å². The molecule has 1 aromatic heterocycles. The number of alkyl halides is 2. The number of hydrogen-bond donors (Lipinski definition) is 0. The van der Waals surface area contributed by atoms with Crippen LogP contribution in [0.1, 0.15) is 12.1 Å². The molecule has 0 unspecified atom stereocenters. The first-order valence-corrected chi connectivity index (χ1v) is 10.2. The van der Waals surface area contributed by atoms with Crippen LogP contribution in [0.25, 0.3) is 16.9 Å². The fraction of sp³-hybridized carbons (Fsp3) is 0.167. The molecule has 0 fully saturated rings. The average molecular weight is 449 g/mol. The Bertz CT molecular complexity index is 1200. The molecule has 0 aliphatic carbocycles. The maximum Gasteiger partial charge on any atom is 0.282 e. The number of rotatable bonds is 5. The van der Waals surface area contributed by atoms with Crippen LogP contribution in [0.3, 0.4) is 0 Å². The number of halogens is 5. The molecule has 0 amide bonds. The fourth-order valence-electron chi connectivity index (χ4n) is 2.69. The number of nitrogens with zero attached hydrogens (tertiary/aromatic N) is 2. The molecule has 0 aliphatic heterocycles. The lowest BCUT2D eigenvalue weighted by molar-refractivity contribution is 0.145. The summed E-state index contributed by atoms with van der Waals surface area (Å²) in [5.74, 6) is -2.02. The quantitative estimate of drug-likeness (QED) is 0.525. The number of methoxy groups -OCH3 is 1. The molecular weight excluding hydrogens is 436 g/mol. The summed E-state index contributed by atoms with van der Waals surface area (Å²) in [6.45, 7) is 0. The van der Waals surface area contributed by atoms with Crippen molar-refractivity contribution in [1.82, 2.24) is 9.78 Å². The van der Waals surface area contributed by atoms with Gasteiger partial charge in [0, 0.05) is 11.8 Å². The number of aromatic nitrogens is 2. The van der Waals surface area contributed by atoms with E-state index in [1.54, 1.807) is 0 Å². The number of ether oxygens (including phenoxy) is 1. The summed E-state index contributed by atoms with van der Waals surface area (Å²) in [6, 6.07) is 6.26. The maximum absolute atomic E-state index is 14.6. The first-order valence-electron chi connectivity index (χ1n) is 7.94. The van der Waals surface area contributed by atoms with Gasteiger partial charge in [0.15, 0.2) is 9.84 Å². The highest BCUT2D eigenvalue weighted by atomic mass is 35.5. The van der Waals surface area contributed by atoms with Gasteiger partial charge in [0.2, 0.25) is 0 Å². The van der Waals surface area contributed by atoms with Crippen LogP contribution in [0.4, 0.5) is 17.6 Å². The second-order valence-corrected chi connectivity index (χ2v) is 8.41. The van der Waals surface area contributed by atoms with E-state index >= 15 is 0 Å². The zero-order chi connectivity index (χ0) is 21.5. The number of benzene rings is 2. The largest absolute Gasteiger partial charge is 0.495 e. The molecule has 0 saturated carbocycles. The van der Waals surface area contributed by atoms with Crippen molar-refractivity contribution in [3.63, 3.8) is 0 Å². The van der Waals surface area contributed by atoms with E-state index in [9.17, 15) is 26.0 Å². The molecule has 0 bridgehead atoms. The Morgan fingerprint density at radius 3 is 2.34 bits per heavy atom. The van der Waals surface area contributed by atoms with Crippen molar-refractivity contribution in [2.45, 2.75) is 11.3 Å². The van der Waals surface area contributed by atoms with Gasteiger partial charge in [-0.15, -0.1) is 0 Å². The first kappa shape index (κ1) is 21.1. The van der Waals surface area contributed by atoms with Gasteiger partial charge in [0.25, 0.3) is 6.43 Å². The molecule has 154 valence electrons. The Morgan fingerprint density at radius 2 is 1.79 bits per heavy atom. The number of sulfone groups is 1. The highest BCUT2D eigenvalue weighted by Crippen LogP contribution is 2.34. The molecule has 29 heavy (non-hydrogen) atoms. The third-order valence-electron chi connectivity index (χ3n) is 4.03. The van der Waals surface area contributed by atoms with Crippen molar-refractivity contribution in [3.8, 4) is 22.7 Å². The maximum atomic E-state index is 14.6. The molecular formula is C18H13ClF4N2O3S. The van der Waals surface area contributed by atoms with Crippen LogP contribution in [-0.4, -0.2) is 31.6 Å². The minimum absolute atomic E-state index is 0.143. The van der Waals surface area contributed by atoms with E-state index in [1.165, 1.54) is 25.3 Å². The molecule has 3 rings (SSSR count). The molecule has 0 N–H and O–H groups in total. The van der Waals surface area contributed by atoms with Crippen molar-refractivity contribution in [2.24, 2.45) is 0 Å². The van der Waals surface area contributed by atoms with Gasteiger partial charge in [-0.2, -0.15) is 5.10 Å². The standard InChI is InChI=1S/C18H13ClF4N2O3S/c1-28-16-4-3-9(5-11(16)19)25-15(8-14(24-25)18(22)23)10-6-13(21)17(7-12(10)20)29(2,26)27/h3-8,18H,1-2H3. The Labute approximate surface area is 168 Å². The van der Waals surface area contributed by atoms with Crippen molar-refractivity contribution >= 4 is 21.4 Å². The summed E-state index contributed by atoms with van der Waals surface area (Å²) in [4.78, 5) is -0.841. The van der Waals surface area contributed by atoms with E-state index in [0.29, 0.717) is 17.9 Å². The number of hydrogen-bond acceptors (Lipinski definition) is 4. The molecule has 0 aliphatic rings. The van der Waals surface area contributed by atoms with E-state index in [2.05, 4.69) is 5.10 Å². The highest BCUT2D eigenvalue weighted by Gasteiger charge is 2.24. The normalized spacial score (nSPS) is 11.9. The van der Waals surface area contributed by atoms with Crippen LogP contribution in [0.2, 0.25) is 5.02 Å². The van der Waals surface area contributed by atoms with Gasteiger partial charge in [-0.1, -0.05) is 11.6 Å². The van der Waals surface area contributed by atoms with E-state index in [1.807, 2.05) is 0 Å². The van der Waals surface area contributed by atoms with E-state index in [-0.39, 0.29) is 16.4 Å². The summed E-state index contributed by atoms with van der Waals surface area (Å²) in [6.07, 6.45) is -2.25. The summed E-state index contributed by atoms with van der Waals surface area (Å²) in [5, 5.41) is 3.90. The van der Waals surface area contributed by atoms with Gasteiger partial charge in [0.05, 0.1) is 23.5 Å². The SMILES string of the molecule is COc1ccc(-n2nc(C(F)F)cc2-c2cc(F)c(S(C)(=O)=O)cc2F)cc1Cl. The lowest BCUT2D eigenvalue weighted by Gasteiger charge is -2.11. The molecule has 0 atom stereocenters. The summed E-state index contributed by atoms with van der Waals surface area (Å²) >= 11 is 6.06. The molecule has 0 spiro atoms. The zero-order valence-electron chi connectivity index (χ0n) is 15.0. The smallest absolute Gasteiger partial charge is 0.282 e. The Morgan fingerprint density at radius 1 is 1.10 bits per heavy atom. The second-order valence-electron chi connectivity index (χ2n) is 6.02. The van der Waals surface area contributed by atoms with Crippen LogP contribution >= 0.6 is 11.6 Å². The van der Waals surface area contributed by atoms with Crippen molar-refractivity contribution in [1.29, 1.82) is 0 Å². The van der Waals surface area contributed by atoms with E-state index < -0.39 is 44.1 Å². The van der Waals surface area contributed by atoms with Crippen molar-refractivity contribution in [3.05, 3.63) is 58.7 Å². The van der Waals surface area contributed by atoms with Gasteiger partial charge in [-0.3, -0.25) is 0 Å². The molecule has 1 heterocycles. The van der Waals surface area contributed by atoms with Crippen molar-refractivity contribution in [2.75, 3.05) is 13.4 Å². The minimum Gasteiger partial charge on any atom is -0.495 e. The predicted octanol–water partition coefficient (Wildman–Crippen LogP) is 4.82. The lowest BCUT2D eigenvalue weighted by Crippen LogP contribution is -2.05. The predicted molar refractivity (Wildman–Crippen MR) is 98.5 cm³/mol. The van der Waals surface area contributed by atoms with Gasteiger partial charge in [0.1, 0.15) is 28.0 Å². The molecule has 2 aromatic carbocycles. The zero-order valence-corrected chi connectivity index (χ0v) is 16.5. The minimum atomic E-state index is -4.03. The van der Waals surface area contributed by atoms with Gasteiger partial charge < -0.3 is 4.74 Å². The van der Waals surface area contributed by atoms with Crippen LogP contribution < -0.4 is 4.74 Å². The third kappa shape index (κ3) is 4.08. The summed E-state index contributed by atoms with van der Waals surface area (Å²) < 4.78 is 84.6.